The van der Waals surface area contributed by atoms with E-state index in [0.717, 1.165) is 11.1 Å². The van der Waals surface area contributed by atoms with Crippen LogP contribution in [0.25, 0.3) is 0 Å². The molecule has 5 nitrogen and oxygen atoms in total. The van der Waals surface area contributed by atoms with Gasteiger partial charge in [-0.2, -0.15) is 0 Å². The highest BCUT2D eigenvalue weighted by Crippen LogP contribution is 2.25. The van der Waals surface area contributed by atoms with Gasteiger partial charge in [-0.15, -0.1) is 0 Å². The smallest absolute Gasteiger partial charge is 0.255 e. The molecule has 0 aliphatic heterocycles. The first-order chi connectivity index (χ1) is 11.6. The number of rotatable bonds is 7. The summed E-state index contributed by atoms with van der Waals surface area (Å²) < 4.78 is 16.0. The molecule has 0 radical (unpaired) electrons. The van der Waals surface area contributed by atoms with Crippen LogP contribution in [0, 0.1) is 6.92 Å². The molecule has 5 heteroatoms. The minimum Gasteiger partial charge on any atom is -0.497 e. The molecule has 2 rings (SSSR count). The van der Waals surface area contributed by atoms with Crippen molar-refractivity contribution in [2.75, 3.05) is 27.9 Å². The number of carbonyl (C=O) groups is 1. The highest BCUT2D eigenvalue weighted by atomic mass is 16.5. The molecule has 24 heavy (non-hydrogen) atoms. The fraction of sp³-hybridized carbons (Fsp3) is 0.316. The van der Waals surface area contributed by atoms with E-state index in [-0.39, 0.29) is 12.0 Å². The van der Waals surface area contributed by atoms with Gasteiger partial charge in [0.1, 0.15) is 11.5 Å². The van der Waals surface area contributed by atoms with Gasteiger partial charge in [-0.25, -0.2) is 0 Å². The Hall–Kier alpha value is -2.53. The van der Waals surface area contributed by atoms with E-state index in [0.29, 0.717) is 23.6 Å². The van der Waals surface area contributed by atoms with Gasteiger partial charge < -0.3 is 19.5 Å². The summed E-state index contributed by atoms with van der Waals surface area (Å²) in [6.07, 6.45) is -0.209. The summed E-state index contributed by atoms with van der Waals surface area (Å²) >= 11 is 0. The van der Waals surface area contributed by atoms with E-state index in [1.54, 1.807) is 32.4 Å². The predicted octanol–water partition coefficient (Wildman–Crippen LogP) is 3.13. The topological polar surface area (TPSA) is 56.8 Å². The lowest BCUT2D eigenvalue weighted by molar-refractivity contribution is 0.0823. The van der Waals surface area contributed by atoms with E-state index in [1.165, 1.54) is 7.11 Å². The Labute approximate surface area is 142 Å². The molecule has 0 saturated heterocycles. The second-order valence-electron chi connectivity index (χ2n) is 5.36. The maximum Gasteiger partial charge on any atom is 0.255 e. The highest BCUT2D eigenvalue weighted by Gasteiger charge is 2.17. The summed E-state index contributed by atoms with van der Waals surface area (Å²) in [6, 6.07) is 13.1. The Morgan fingerprint density at radius 1 is 1.08 bits per heavy atom. The Balaban J connectivity index is 2.11. The van der Waals surface area contributed by atoms with Gasteiger partial charge in [0.15, 0.2) is 0 Å². The van der Waals surface area contributed by atoms with E-state index < -0.39 is 0 Å². The summed E-state index contributed by atoms with van der Waals surface area (Å²) in [6.45, 7) is 2.39. The van der Waals surface area contributed by atoms with E-state index in [9.17, 15) is 4.79 Å². The van der Waals surface area contributed by atoms with Crippen molar-refractivity contribution in [3.05, 3.63) is 59.2 Å². The van der Waals surface area contributed by atoms with Crippen LogP contribution in [0.3, 0.4) is 0 Å². The molecule has 1 N–H and O–H groups in total. The monoisotopic (exact) mass is 329 g/mol. The van der Waals surface area contributed by atoms with Crippen LogP contribution in [-0.4, -0.2) is 33.8 Å². The number of amides is 1. The van der Waals surface area contributed by atoms with Crippen LogP contribution in [0.2, 0.25) is 0 Å². The van der Waals surface area contributed by atoms with Gasteiger partial charge in [0, 0.05) is 19.7 Å². The second kappa shape index (κ2) is 8.36. The number of ether oxygens (including phenoxy) is 3. The van der Waals surface area contributed by atoms with Gasteiger partial charge in [-0.1, -0.05) is 24.3 Å². The molecular formula is C19H23NO4. The molecule has 2 aromatic carbocycles. The quantitative estimate of drug-likeness (QED) is 0.848. The van der Waals surface area contributed by atoms with Crippen molar-refractivity contribution in [1.29, 1.82) is 0 Å². The maximum atomic E-state index is 12.5. The van der Waals surface area contributed by atoms with Gasteiger partial charge >= 0.3 is 0 Å². The lowest BCUT2D eigenvalue weighted by atomic mass is 10.0. The van der Waals surface area contributed by atoms with Crippen molar-refractivity contribution in [1.82, 2.24) is 5.32 Å². The Bertz CT molecular complexity index is 700. The number of hydrogen-bond donors (Lipinski definition) is 1. The number of nitrogens with one attached hydrogen (secondary N) is 1. The van der Waals surface area contributed by atoms with Crippen molar-refractivity contribution in [3.63, 3.8) is 0 Å². The zero-order valence-electron chi connectivity index (χ0n) is 14.5. The third-order valence-corrected chi connectivity index (χ3v) is 3.92. The first-order valence-electron chi connectivity index (χ1n) is 7.69. The van der Waals surface area contributed by atoms with Crippen LogP contribution in [0.1, 0.15) is 27.6 Å². The molecule has 1 amide bonds. The zero-order valence-corrected chi connectivity index (χ0v) is 14.5. The highest BCUT2D eigenvalue weighted by molar-refractivity contribution is 5.97. The lowest BCUT2D eigenvalue weighted by Gasteiger charge is -2.19. The normalized spacial score (nSPS) is 11.7. The third kappa shape index (κ3) is 4.06. The van der Waals surface area contributed by atoms with Crippen LogP contribution >= 0.6 is 0 Å². The molecule has 0 fully saturated rings. The molecule has 0 aromatic heterocycles. The van der Waals surface area contributed by atoms with Gasteiger partial charge in [-0.3, -0.25) is 4.79 Å². The molecule has 1 atom stereocenters. The average molecular weight is 329 g/mol. The van der Waals surface area contributed by atoms with Crippen molar-refractivity contribution >= 4 is 5.91 Å². The first kappa shape index (κ1) is 17.8. The standard InChI is InChI=1S/C19H23NO4/c1-13-7-5-6-8-15(13)18(24-4)12-20-19(21)16-10-9-14(22-2)11-17(16)23-3/h5-11,18H,12H2,1-4H3,(H,20,21)/t18-/m0/s1. The van der Waals surface area contributed by atoms with Crippen LogP contribution in [0.15, 0.2) is 42.5 Å². The number of aryl methyl sites for hydroxylation is 1. The molecular weight excluding hydrogens is 306 g/mol. The number of benzene rings is 2. The van der Waals surface area contributed by atoms with Crippen molar-refractivity contribution in [3.8, 4) is 11.5 Å². The first-order valence-corrected chi connectivity index (χ1v) is 7.69. The Morgan fingerprint density at radius 3 is 2.46 bits per heavy atom. The molecule has 0 unspecified atom stereocenters. The lowest BCUT2D eigenvalue weighted by Crippen LogP contribution is -2.29. The van der Waals surface area contributed by atoms with Crippen LogP contribution in [0.5, 0.6) is 11.5 Å². The molecule has 0 heterocycles. The molecule has 0 bridgehead atoms. The van der Waals surface area contributed by atoms with E-state index in [2.05, 4.69) is 5.32 Å². The van der Waals surface area contributed by atoms with Crippen molar-refractivity contribution in [2.45, 2.75) is 13.0 Å². The SMILES string of the molecule is COc1ccc(C(=O)NC[C@H](OC)c2ccccc2C)c(OC)c1. The molecule has 0 spiro atoms. The van der Waals surface area contributed by atoms with Crippen LogP contribution < -0.4 is 14.8 Å². The Kier molecular flexibility index (Phi) is 6.21. The summed E-state index contributed by atoms with van der Waals surface area (Å²) in [5.74, 6) is 0.889. The van der Waals surface area contributed by atoms with E-state index in [1.807, 2.05) is 31.2 Å². The molecule has 0 aliphatic rings. The van der Waals surface area contributed by atoms with Gasteiger partial charge in [0.25, 0.3) is 5.91 Å². The number of hydrogen-bond acceptors (Lipinski definition) is 4. The summed E-state index contributed by atoms with van der Waals surface area (Å²) in [5, 5.41) is 2.90. The molecule has 0 saturated carbocycles. The Morgan fingerprint density at radius 2 is 1.83 bits per heavy atom. The number of methoxy groups -OCH3 is 3. The largest absolute Gasteiger partial charge is 0.497 e. The number of carbonyl (C=O) groups excluding carboxylic acids is 1. The fourth-order valence-corrected chi connectivity index (χ4v) is 2.54. The average Bonchev–Trinajstić information content (AvgIpc) is 2.62. The van der Waals surface area contributed by atoms with Crippen molar-refractivity contribution < 1.29 is 19.0 Å². The summed E-state index contributed by atoms with van der Waals surface area (Å²) in [7, 11) is 4.73. The molecule has 128 valence electrons. The molecule has 0 aliphatic carbocycles. The zero-order chi connectivity index (χ0) is 17.5. The minimum atomic E-state index is -0.217. The van der Waals surface area contributed by atoms with E-state index in [4.69, 9.17) is 14.2 Å². The van der Waals surface area contributed by atoms with Crippen LogP contribution in [0.4, 0.5) is 0 Å². The van der Waals surface area contributed by atoms with Gasteiger partial charge in [-0.05, 0) is 30.2 Å². The molecule has 2 aromatic rings. The predicted molar refractivity (Wildman–Crippen MR) is 92.8 cm³/mol. The van der Waals surface area contributed by atoms with Crippen LogP contribution in [-0.2, 0) is 4.74 Å². The van der Waals surface area contributed by atoms with Crippen molar-refractivity contribution in [2.24, 2.45) is 0 Å². The summed E-state index contributed by atoms with van der Waals surface area (Å²) in [5.41, 5.74) is 2.64. The fourth-order valence-electron chi connectivity index (χ4n) is 2.54. The minimum absolute atomic E-state index is 0.209. The van der Waals surface area contributed by atoms with Gasteiger partial charge in [0.05, 0.1) is 25.9 Å². The maximum absolute atomic E-state index is 12.5. The second-order valence-corrected chi connectivity index (χ2v) is 5.36. The van der Waals surface area contributed by atoms with E-state index >= 15 is 0 Å². The summed E-state index contributed by atoms with van der Waals surface area (Å²) in [4.78, 5) is 12.5. The third-order valence-electron chi connectivity index (χ3n) is 3.92. The van der Waals surface area contributed by atoms with Gasteiger partial charge in [0.2, 0.25) is 0 Å².